The number of aromatic nitrogens is 4. The van der Waals surface area contributed by atoms with Crippen LogP contribution in [0.3, 0.4) is 0 Å². The molecule has 0 fully saturated rings. The largest absolute Gasteiger partial charge is 0.456 e. The first-order valence-electron chi connectivity index (χ1n) is 27.0. The van der Waals surface area contributed by atoms with Crippen molar-refractivity contribution >= 4 is 65.7 Å². The zero-order chi connectivity index (χ0) is 53.6. The fraction of sp³-hybridized carbons (Fsp3) is 0. The van der Waals surface area contributed by atoms with Crippen LogP contribution in [-0.4, -0.2) is 19.5 Å². The zero-order valence-electron chi connectivity index (χ0n) is 46.7. The van der Waals surface area contributed by atoms with Gasteiger partial charge in [-0.3, -0.25) is 0 Å². The van der Waals surface area contributed by atoms with E-state index in [2.05, 4.69) is 0 Å². The highest BCUT2D eigenvalue weighted by Crippen LogP contribution is 2.42. The summed E-state index contributed by atoms with van der Waals surface area (Å²) in [7, 11) is 0. The van der Waals surface area contributed by atoms with E-state index in [1.165, 1.54) is 16.7 Å². The molecule has 0 atom stereocenters. The molecule has 4 heterocycles. The lowest BCUT2D eigenvalue weighted by Crippen LogP contribution is -2.00. The SMILES string of the molecule is [2H]c1cc([2H])c([2H])c(-c2c([2H])c([2H])c3c4cccc([2H])c4n(-c4c([2H])c([2H])c5oc6c([2H])c([2H])c([2H])c(-c7nc(-c8ccccc8)nc(-c8ccc9c(c8)oc8cccc(-c%10ccccc%10)c89)n7)c6c5c4[2H])c3c2[2H])c1[2H]. The van der Waals surface area contributed by atoms with Gasteiger partial charge in [0.1, 0.15) is 22.3 Å². The van der Waals surface area contributed by atoms with Gasteiger partial charge in [0, 0.05) is 54.7 Å². The summed E-state index contributed by atoms with van der Waals surface area (Å²) in [6, 6.07) is 28.4. The van der Waals surface area contributed by atoms with Gasteiger partial charge in [0.2, 0.25) is 0 Å². The third kappa shape index (κ3) is 5.69. The third-order valence-electron chi connectivity index (χ3n) is 11.1. The van der Waals surface area contributed by atoms with Gasteiger partial charge >= 0.3 is 0 Å². The van der Waals surface area contributed by atoms with E-state index in [9.17, 15) is 11.0 Å². The molecule has 13 rings (SSSR count). The molecular formula is C57H34N4O2. The van der Waals surface area contributed by atoms with Gasteiger partial charge in [-0.2, -0.15) is 0 Å². The maximum absolute atomic E-state index is 10.1. The van der Waals surface area contributed by atoms with Crippen LogP contribution in [0.5, 0.6) is 0 Å². The number of furan rings is 2. The van der Waals surface area contributed by atoms with Crippen molar-refractivity contribution in [2.24, 2.45) is 0 Å². The van der Waals surface area contributed by atoms with Crippen LogP contribution in [0.15, 0.2) is 215 Å². The van der Waals surface area contributed by atoms with Gasteiger partial charge in [-0.1, -0.05) is 151 Å². The Kier molecular flexibility index (Phi) is 5.32. The highest BCUT2D eigenvalue weighted by atomic mass is 16.3. The Morgan fingerprint density at radius 2 is 1.14 bits per heavy atom. The Morgan fingerprint density at radius 1 is 0.381 bits per heavy atom. The molecule has 6 nitrogen and oxygen atoms in total. The van der Waals surface area contributed by atoms with Crippen molar-refractivity contribution in [3.05, 3.63) is 206 Å². The highest BCUT2D eigenvalue weighted by molar-refractivity contribution is 6.15. The minimum Gasteiger partial charge on any atom is -0.456 e. The van der Waals surface area contributed by atoms with E-state index in [1.807, 2.05) is 66.7 Å². The van der Waals surface area contributed by atoms with E-state index in [1.54, 1.807) is 36.4 Å². The van der Waals surface area contributed by atoms with Crippen molar-refractivity contribution in [1.82, 2.24) is 19.5 Å². The Hall–Kier alpha value is -8.61. The minimum atomic E-state index is -0.647. The van der Waals surface area contributed by atoms with Crippen molar-refractivity contribution < 1.29 is 28.0 Å². The first kappa shape index (κ1) is 24.0. The van der Waals surface area contributed by atoms with Crippen LogP contribution in [0, 0.1) is 0 Å². The smallest absolute Gasteiger partial charge is 0.164 e. The van der Waals surface area contributed by atoms with Crippen molar-refractivity contribution in [2.75, 3.05) is 0 Å². The number of rotatable bonds is 6. The summed E-state index contributed by atoms with van der Waals surface area (Å²) in [5.74, 6) is 0.138. The van der Waals surface area contributed by atoms with Gasteiger partial charge in [0.25, 0.3) is 0 Å². The van der Waals surface area contributed by atoms with Crippen LogP contribution in [0.4, 0.5) is 0 Å². The molecule has 6 heteroatoms. The van der Waals surface area contributed by atoms with Crippen LogP contribution < -0.4 is 0 Å². The van der Waals surface area contributed by atoms with E-state index >= 15 is 0 Å². The number of fused-ring (bicyclic) bond motifs is 9. The second kappa shape index (κ2) is 14.0. The second-order valence-electron chi connectivity index (χ2n) is 14.8. The Labute approximate surface area is 380 Å². The van der Waals surface area contributed by atoms with E-state index in [0.717, 1.165) is 28.0 Å². The average molecular weight is 821 g/mol. The highest BCUT2D eigenvalue weighted by Gasteiger charge is 2.21. The van der Waals surface area contributed by atoms with Crippen molar-refractivity contribution in [3.63, 3.8) is 0 Å². The van der Waals surface area contributed by atoms with Gasteiger partial charge in [0.05, 0.1) is 30.2 Å². The fourth-order valence-electron chi connectivity index (χ4n) is 8.32. The Bertz CT molecular complexity index is 4720. The number of para-hydroxylation sites is 1. The van der Waals surface area contributed by atoms with Gasteiger partial charge in [0.15, 0.2) is 17.5 Å². The maximum Gasteiger partial charge on any atom is 0.164 e. The van der Waals surface area contributed by atoms with E-state index < -0.39 is 95.4 Å². The fourth-order valence-corrected chi connectivity index (χ4v) is 8.32. The predicted octanol–water partition coefficient (Wildman–Crippen LogP) is 15.1. The van der Waals surface area contributed by atoms with Gasteiger partial charge in [-0.15, -0.1) is 0 Å². The summed E-state index contributed by atoms with van der Waals surface area (Å²) in [6.45, 7) is 0. The molecule has 0 aliphatic rings. The standard InChI is InChI=1S/C57H34N4O2/c1-4-14-35(15-5-1)38-26-29-43-42-20-10-11-23-47(42)61(48(43)32-38)40-28-31-49-46(34-40)54-45(22-13-25-51(54)62-49)57-59-55(37-18-8-3-9-19-37)58-56(60-57)39-27-30-44-52(33-39)63-50-24-12-21-41(53(44)50)36-16-6-2-7-17-36/h1-34H/i4D,5D,13D,14D,15D,22D,23D,25D,26D,28D,29D,31D,32D,34D. The van der Waals surface area contributed by atoms with Crippen molar-refractivity contribution in [1.29, 1.82) is 0 Å². The molecule has 0 amide bonds. The van der Waals surface area contributed by atoms with Crippen molar-refractivity contribution in [2.45, 2.75) is 0 Å². The second-order valence-corrected chi connectivity index (χ2v) is 14.8. The van der Waals surface area contributed by atoms with E-state index in [-0.39, 0.29) is 72.8 Å². The first-order valence-corrected chi connectivity index (χ1v) is 20.0. The average Bonchev–Trinajstić information content (AvgIpc) is 4.36. The molecule has 4 aromatic heterocycles. The molecular weight excluding hydrogens is 773 g/mol. The molecule has 0 N–H and O–H groups in total. The number of hydrogen-bond donors (Lipinski definition) is 0. The van der Waals surface area contributed by atoms with Crippen LogP contribution >= 0.6 is 0 Å². The molecule has 294 valence electrons. The number of hydrogen-bond acceptors (Lipinski definition) is 5. The molecule has 0 radical (unpaired) electrons. The molecule has 9 aromatic carbocycles. The molecule has 63 heavy (non-hydrogen) atoms. The van der Waals surface area contributed by atoms with Crippen LogP contribution in [-0.2, 0) is 0 Å². The molecule has 13 aromatic rings. The summed E-state index contributed by atoms with van der Waals surface area (Å²) in [4.78, 5) is 14.8. The third-order valence-corrected chi connectivity index (χ3v) is 11.1. The molecule has 0 aliphatic heterocycles. The van der Waals surface area contributed by atoms with Crippen LogP contribution in [0.25, 0.3) is 128 Å². The first-order chi connectivity index (χ1) is 37.0. The quantitative estimate of drug-likeness (QED) is 0.167. The van der Waals surface area contributed by atoms with Crippen molar-refractivity contribution in [3.8, 4) is 62.1 Å². The summed E-state index contributed by atoms with van der Waals surface area (Å²) < 4.78 is 143. The zero-order valence-corrected chi connectivity index (χ0v) is 32.7. The molecule has 0 unspecified atom stereocenters. The summed E-state index contributed by atoms with van der Waals surface area (Å²) in [5.41, 5.74) is 1.89. The molecule has 0 bridgehead atoms. The summed E-state index contributed by atoms with van der Waals surface area (Å²) >= 11 is 0. The summed E-state index contributed by atoms with van der Waals surface area (Å²) in [5, 5.41) is 1.55. The van der Waals surface area contributed by atoms with E-state index in [0.29, 0.717) is 22.3 Å². The normalized spacial score (nSPS) is 14.9. The lowest BCUT2D eigenvalue weighted by atomic mass is 9.99. The van der Waals surface area contributed by atoms with E-state index in [4.69, 9.17) is 32.0 Å². The van der Waals surface area contributed by atoms with Gasteiger partial charge < -0.3 is 13.4 Å². The van der Waals surface area contributed by atoms with Crippen LogP contribution in [0.2, 0.25) is 0 Å². The molecule has 0 saturated heterocycles. The lowest BCUT2D eigenvalue weighted by molar-refractivity contribution is 0.668. The number of nitrogens with zero attached hydrogens (tertiary/aromatic N) is 4. The Balaban J connectivity index is 1.11. The van der Waals surface area contributed by atoms with Gasteiger partial charge in [-0.05, 0) is 76.7 Å². The minimum absolute atomic E-state index is 0.0226. The lowest BCUT2D eigenvalue weighted by Gasteiger charge is -2.10. The summed E-state index contributed by atoms with van der Waals surface area (Å²) in [6.07, 6.45) is 0. The number of benzene rings is 9. The molecule has 0 spiro atoms. The Morgan fingerprint density at radius 3 is 2.00 bits per heavy atom. The van der Waals surface area contributed by atoms with Gasteiger partial charge in [-0.25, -0.2) is 15.0 Å². The maximum atomic E-state index is 10.1. The van der Waals surface area contributed by atoms with Crippen LogP contribution in [0.1, 0.15) is 19.2 Å². The molecule has 0 aliphatic carbocycles. The molecule has 0 saturated carbocycles. The topological polar surface area (TPSA) is 69.9 Å². The monoisotopic (exact) mass is 820 g/mol. The predicted molar refractivity (Wildman–Crippen MR) is 256 cm³/mol.